The van der Waals surface area contributed by atoms with Gasteiger partial charge in [-0.2, -0.15) is 0 Å². The highest BCUT2D eigenvalue weighted by Gasteiger charge is 2.12. The van der Waals surface area contributed by atoms with Crippen molar-refractivity contribution in [3.05, 3.63) is 34.7 Å². The van der Waals surface area contributed by atoms with Crippen LogP contribution in [-0.2, 0) is 11.2 Å². The minimum atomic E-state index is -0.895. The topological polar surface area (TPSA) is 76.2 Å². The molecule has 6 heteroatoms. The first-order valence-corrected chi connectivity index (χ1v) is 5.75. The van der Waals surface area contributed by atoms with Crippen LogP contribution in [0.5, 0.6) is 0 Å². The van der Waals surface area contributed by atoms with E-state index in [2.05, 4.69) is 10.2 Å². The van der Waals surface area contributed by atoms with Crippen LogP contribution in [0.1, 0.15) is 17.9 Å². The molecule has 0 bridgehead atoms. The molecule has 1 aromatic carbocycles. The van der Waals surface area contributed by atoms with Crippen molar-refractivity contribution in [1.29, 1.82) is 0 Å². The van der Waals surface area contributed by atoms with Crippen LogP contribution < -0.4 is 0 Å². The monoisotopic (exact) mass is 266 g/mol. The molecule has 0 fully saturated rings. The predicted octanol–water partition coefficient (Wildman–Crippen LogP) is 2.72. The number of hydrogen-bond donors (Lipinski definition) is 1. The third kappa shape index (κ3) is 2.87. The van der Waals surface area contributed by atoms with Crippen molar-refractivity contribution in [2.75, 3.05) is 0 Å². The van der Waals surface area contributed by atoms with Crippen molar-refractivity contribution in [2.45, 2.75) is 19.8 Å². The van der Waals surface area contributed by atoms with Gasteiger partial charge in [0, 0.05) is 17.0 Å². The van der Waals surface area contributed by atoms with E-state index in [1.807, 2.05) is 13.0 Å². The third-order valence-corrected chi connectivity index (χ3v) is 2.68. The maximum atomic E-state index is 10.4. The second-order valence-corrected chi connectivity index (χ2v) is 4.29. The lowest BCUT2D eigenvalue weighted by Gasteiger charge is -2.00. The fourth-order valence-electron chi connectivity index (χ4n) is 1.50. The number of carboxylic acid groups (broad SMARTS) is 1. The summed E-state index contributed by atoms with van der Waals surface area (Å²) in [5.41, 5.74) is 1.73. The standard InChI is InChI=1S/C12H11ClN2O3/c1-7-2-3-8(13)6-9(7)12-15-14-10(18-12)4-5-11(16)17/h2-3,6H,4-5H2,1H3,(H,16,17). The molecule has 94 valence electrons. The zero-order valence-corrected chi connectivity index (χ0v) is 10.4. The van der Waals surface area contributed by atoms with Crippen molar-refractivity contribution in [3.63, 3.8) is 0 Å². The van der Waals surface area contributed by atoms with E-state index < -0.39 is 5.97 Å². The Morgan fingerprint density at radius 2 is 2.22 bits per heavy atom. The minimum absolute atomic E-state index is 0.0316. The summed E-state index contributed by atoms with van der Waals surface area (Å²) >= 11 is 5.91. The number of halogens is 1. The first kappa shape index (κ1) is 12.6. The van der Waals surface area contributed by atoms with Crippen molar-refractivity contribution in [2.24, 2.45) is 0 Å². The van der Waals surface area contributed by atoms with Gasteiger partial charge < -0.3 is 9.52 Å². The molecule has 0 aliphatic rings. The maximum absolute atomic E-state index is 10.4. The molecule has 1 aromatic heterocycles. The molecule has 0 radical (unpaired) electrons. The van der Waals surface area contributed by atoms with Crippen molar-refractivity contribution in [1.82, 2.24) is 10.2 Å². The molecule has 0 atom stereocenters. The Kier molecular flexibility index (Phi) is 3.62. The van der Waals surface area contributed by atoms with Gasteiger partial charge >= 0.3 is 5.97 Å². The largest absolute Gasteiger partial charge is 0.481 e. The molecule has 5 nitrogen and oxygen atoms in total. The van der Waals surface area contributed by atoms with E-state index in [-0.39, 0.29) is 12.8 Å². The summed E-state index contributed by atoms with van der Waals surface area (Å²) in [6.45, 7) is 1.91. The van der Waals surface area contributed by atoms with Crippen molar-refractivity contribution in [3.8, 4) is 11.5 Å². The summed E-state index contributed by atoms with van der Waals surface area (Å²) in [6.07, 6.45) is 0.193. The van der Waals surface area contributed by atoms with Gasteiger partial charge in [0.1, 0.15) is 0 Å². The van der Waals surface area contributed by atoms with Gasteiger partial charge in [-0.1, -0.05) is 17.7 Å². The van der Waals surface area contributed by atoms with Crippen LogP contribution in [0.4, 0.5) is 0 Å². The van der Waals surface area contributed by atoms with Gasteiger partial charge in [0.15, 0.2) is 0 Å². The van der Waals surface area contributed by atoms with Crippen LogP contribution >= 0.6 is 11.6 Å². The Labute approximate surface area is 108 Å². The SMILES string of the molecule is Cc1ccc(Cl)cc1-c1nnc(CCC(=O)O)o1. The van der Waals surface area contributed by atoms with Crippen LogP contribution in [-0.4, -0.2) is 21.3 Å². The normalized spacial score (nSPS) is 10.6. The van der Waals surface area contributed by atoms with E-state index in [1.54, 1.807) is 12.1 Å². The molecule has 0 saturated heterocycles. The number of hydrogen-bond acceptors (Lipinski definition) is 4. The Bertz CT molecular complexity index is 580. The number of aromatic nitrogens is 2. The van der Waals surface area contributed by atoms with E-state index >= 15 is 0 Å². The van der Waals surface area contributed by atoms with Crippen LogP contribution in [0.25, 0.3) is 11.5 Å². The molecule has 0 amide bonds. The number of aryl methyl sites for hydroxylation is 2. The summed E-state index contributed by atoms with van der Waals surface area (Å²) in [5.74, 6) is -0.226. The lowest BCUT2D eigenvalue weighted by atomic mass is 10.1. The van der Waals surface area contributed by atoms with Gasteiger partial charge in [-0.15, -0.1) is 10.2 Å². The van der Waals surface area contributed by atoms with E-state index in [9.17, 15) is 4.79 Å². The number of carbonyl (C=O) groups is 1. The molecular weight excluding hydrogens is 256 g/mol. The number of carboxylic acids is 1. The molecule has 0 aliphatic heterocycles. The first-order chi connectivity index (χ1) is 8.56. The summed E-state index contributed by atoms with van der Waals surface area (Å²) in [6, 6.07) is 5.38. The molecule has 0 spiro atoms. The zero-order valence-electron chi connectivity index (χ0n) is 9.68. The highest BCUT2D eigenvalue weighted by molar-refractivity contribution is 6.30. The summed E-state index contributed by atoms with van der Waals surface area (Å²) in [5, 5.41) is 16.9. The summed E-state index contributed by atoms with van der Waals surface area (Å²) in [4.78, 5) is 10.4. The number of aliphatic carboxylic acids is 1. The number of nitrogens with zero attached hydrogens (tertiary/aromatic N) is 2. The lowest BCUT2D eigenvalue weighted by Crippen LogP contribution is -1.97. The highest BCUT2D eigenvalue weighted by atomic mass is 35.5. The van der Waals surface area contributed by atoms with Crippen LogP contribution in [0.15, 0.2) is 22.6 Å². The molecule has 1 N–H and O–H groups in total. The van der Waals surface area contributed by atoms with Crippen LogP contribution in [0.2, 0.25) is 5.02 Å². The van der Waals surface area contributed by atoms with Crippen molar-refractivity contribution >= 4 is 17.6 Å². The summed E-state index contributed by atoms with van der Waals surface area (Å²) in [7, 11) is 0. The molecular formula is C12H11ClN2O3. The molecule has 18 heavy (non-hydrogen) atoms. The van der Waals surface area contributed by atoms with Crippen molar-refractivity contribution < 1.29 is 14.3 Å². The molecule has 2 rings (SSSR count). The molecule has 0 saturated carbocycles. The minimum Gasteiger partial charge on any atom is -0.481 e. The Morgan fingerprint density at radius 3 is 2.94 bits per heavy atom. The fraction of sp³-hybridized carbons (Fsp3) is 0.250. The highest BCUT2D eigenvalue weighted by Crippen LogP contribution is 2.25. The molecule has 1 heterocycles. The average molecular weight is 267 g/mol. The van der Waals surface area contributed by atoms with E-state index in [0.717, 1.165) is 11.1 Å². The zero-order chi connectivity index (χ0) is 13.1. The lowest BCUT2D eigenvalue weighted by molar-refractivity contribution is -0.137. The van der Waals surface area contributed by atoms with E-state index in [1.165, 1.54) is 0 Å². The predicted molar refractivity (Wildman–Crippen MR) is 65.4 cm³/mol. The maximum Gasteiger partial charge on any atom is 0.303 e. The van der Waals surface area contributed by atoms with Gasteiger partial charge in [-0.25, -0.2) is 0 Å². The van der Waals surface area contributed by atoms with Crippen LogP contribution in [0.3, 0.4) is 0 Å². The third-order valence-electron chi connectivity index (χ3n) is 2.45. The number of rotatable bonds is 4. The van der Waals surface area contributed by atoms with Gasteiger partial charge in [0.2, 0.25) is 11.8 Å². The van der Waals surface area contributed by atoms with E-state index in [0.29, 0.717) is 16.8 Å². The Balaban J connectivity index is 2.23. The van der Waals surface area contributed by atoms with Crippen LogP contribution in [0, 0.1) is 6.92 Å². The smallest absolute Gasteiger partial charge is 0.303 e. The van der Waals surface area contributed by atoms with Gasteiger partial charge in [-0.05, 0) is 24.6 Å². The van der Waals surface area contributed by atoms with Gasteiger partial charge in [0.25, 0.3) is 0 Å². The Morgan fingerprint density at radius 1 is 1.44 bits per heavy atom. The molecule has 2 aromatic rings. The van der Waals surface area contributed by atoms with Gasteiger partial charge in [0.05, 0.1) is 6.42 Å². The fourth-order valence-corrected chi connectivity index (χ4v) is 1.67. The van der Waals surface area contributed by atoms with Gasteiger partial charge in [-0.3, -0.25) is 4.79 Å². The second-order valence-electron chi connectivity index (χ2n) is 3.85. The molecule has 0 aliphatic carbocycles. The second kappa shape index (κ2) is 5.18. The number of benzene rings is 1. The quantitative estimate of drug-likeness (QED) is 0.921. The van der Waals surface area contributed by atoms with E-state index in [4.69, 9.17) is 21.1 Å². The average Bonchev–Trinajstić information content (AvgIpc) is 2.78. The summed E-state index contributed by atoms with van der Waals surface area (Å²) < 4.78 is 5.41. The first-order valence-electron chi connectivity index (χ1n) is 5.37. The molecule has 0 unspecified atom stereocenters. The Hall–Kier alpha value is -1.88.